The number of hydrogen-bond donors (Lipinski definition) is 1. The molecular formula is C22H18N4OS. The van der Waals surface area contributed by atoms with E-state index in [2.05, 4.69) is 27.6 Å². The van der Waals surface area contributed by atoms with Crippen LogP contribution in [0, 0.1) is 0 Å². The average Bonchev–Trinajstić information content (AvgIpc) is 3.23. The van der Waals surface area contributed by atoms with E-state index in [0.717, 1.165) is 22.5 Å². The number of nitrogens with one attached hydrogen (secondary N) is 1. The van der Waals surface area contributed by atoms with Gasteiger partial charge in [0.25, 0.3) is 0 Å². The van der Waals surface area contributed by atoms with E-state index in [4.69, 9.17) is 0 Å². The summed E-state index contributed by atoms with van der Waals surface area (Å²) in [4.78, 5) is 12.3. The number of aromatic nitrogens is 3. The molecule has 3 aromatic carbocycles. The number of carbonyl (C=O) groups excluding carboxylic acids is 1. The highest BCUT2D eigenvalue weighted by Crippen LogP contribution is 2.22. The smallest absolute Gasteiger partial charge is 0.234 e. The largest absolute Gasteiger partial charge is 0.325 e. The molecule has 0 fully saturated rings. The first kappa shape index (κ1) is 18.0. The normalized spacial score (nSPS) is 10.6. The molecule has 1 heterocycles. The summed E-state index contributed by atoms with van der Waals surface area (Å²) in [5.41, 5.74) is 4.00. The fourth-order valence-electron chi connectivity index (χ4n) is 2.79. The van der Waals surface area contributed by atoms with E-state index in [9.17, 15) is 4.79 Å². The third-order valence-electron chi connectivity index (χ3n) is 4.16. The van der Waals surface area contributed by atoms with Crippen molar-refractivity contribution in [3.8, 4) is 16.8 Å². The molecule has 28 heavy (non-hydrogen) atoms. The zero-order valence-electron chi connectivity index (χ0n) is 15.0. The van der Waals surface area contributed by atoms with Crippen molar-refractivity contribution in [2.45, 2.75) is 5.16 Å². The molecule has 0 spiro atoms. The molecule has 4 aromatic rings. The first-order valence-electron chi connectivity index (χ1n) is 8.83. The van der Waals surface area contributed by atoms with Gasteiger partial charge in [-0.2, -0.15) is 0 Å². The molecule has 1 amide bonds. The van der Waals surface area contributed by atoms with Crippen molar-refractivity contribution in [1.82, 2.24) is 14.8 Å². The Morgan fingerprint density at radius 3 is 2.21 bits per heavy atom. The predicted octanol–water partition coefficient (Wildman–Crippen LogP) is 4.67. The number of nitrogens with zero attached hydrogens (tertiary/aromatic N) is 3. The zero-order chi connectivity index (χ0) is 19.2. The molecule has 0 unspecified atom stereocenters. The van der Waals surface area contributed by atoms with Gasteiger partial charge in [0.2, 0.25) is 5.91 Å². The van der Waals surface area contributed by atoms with Gasteiger partial charge in [0, 0.05) is 11.4 Å². The quantitative estimate of drug-likeness (QED) is 0.490. The third-order valence-corrected chi connectivity index (χ3v) is 5.10. The number of rotatable bonds is 6. The highest BCUT2D eigenvalue weighted by Gasteiger charge is 2.10. The van der Waals surface area contributed by atoms with Gasteiger partial charge in [-0.25, -0.2) is 0 Å². The molecule has 0 aliphatic rings. The summed E-state index contributed by atoms with van der Waals surface area (Å²) in [6.45, 7) is 0. The fourth-order valence-corrected chi connectivity index (χ4v) is 3.52. The Labute approximate surface area is 167 Å². The van der Waals surface area contributed by atoms with Gasteiger partial charge in [-0.15, -0.1) is 10.2 Å². The molecule has 4 rings (SSSR count). The van der Waals surface area contributed by atoms with Gasteiger partial charge in [0.1, 0.15) is 6.33 Å². The molecule has 0 atom stereocenters. The van der Waals surface area contributed by atoms with Crippen molar-refractivity contribution in [2.75, 3.05) is 11.1 Å². The van der Waals surface area contributed by atoms with Crippen molar-refractivity contribution >= 4 is 23.4 Å². The maximum Gasteiger partial charge on any atom is 0.234 e. The van der Waals surface area contributed by atoms with Crippen LogP contribution in [0.2, 0.25) is 0 Å². The Morgan fingerprint density at radius 2 is 1.50 bits per heavy atom. The average molecular weight is 386 g/mol. The lowest BCUT2D eigenvalue weighted by molar-refractivity contribution is -0.113. The lowest BCUT2D eigenvalue weighted by Gasteiger charge is -2.08. The maximum absolute atomic E-state index is 12.3. The molecule has 6 heteroatoms. The second kappa shape index (κ2) is 8.54. The van der Waals surface area contributed by atoms with Crippen molar-refractivity contribution in [2.24, 2.45) is 0 Å². The van der Waals surface area contributed by atoms with Crippen LogP contribution < -0.4 is 5.32 Å². The molecule has 0 bridgehead atoms. The van der Waals surface area contributed by atoms with Crippen molar-refractivity contribution in [3.63, 3.8) is 0 Å². The maximum atomic E-state index is 12.3. The second-order valence-electron chi connectivity index (χ2n) is 6.10. The van der Waals surface area contributed by atoms with Crippen LogP contribution >= 0.6 is 11.8 Å². The lowest BCUT2D eigenvalue weighted by atomic mass is 10.1. The minimum atomic E-state index is -0.0833. The van der Waals surface area contributed by atoms with Crippen LogP contribution in [0.25, 0.3) is 16.8 Å². The third kappa shape index (κ3) is 4.29. The Kier molecular flexibility index (Phi) is 5.49. The van der Waals surface area contributed by atoms with E-state index in [-0.39, 0.29) is 11.7 Å². The molecule has 1 N–H and O–H groups in total. The van der Waals surface area contributed by atoms with Crippen LogP contribution in [-0.2, 0) is 4.79 Å². The van der Waals surface area contributed by atoms with Crippen molar-refractivity contribution in [3.05, 3.63) is 91.3 Å². The van der Waals surface area contributed by atoms with Gasteiger partial charge in [0.05, 0.1) is 5.75 Å². The summed E-state index contributed by atoms with van der Waals surface area (Å²) in [6, 6.07) is 27.8. The van der Waals surface area contributed by atoms with Crippen LogP contribution in [0.15, 0.2) is 96.4 Å². The number of benzene rings is 3. The SMILES string of the molecule is O=C(CSc1nncn1-c1ccccc1)Nc1ccc(-c2ccccc2)cc1. The Morgan fingerprint density at radius 1 is 0.857 bits per heavy atom. The highest BCUT2D eigenvalue weighted by molar-refractivity contribution is 7.99. The van der Waals surface area contributed by atoms with Crippen molar-refractivity contribution < 1.29 is 4.79 Å². The predicted molar refractivity (Wildman–Crippen MR) is 113 cm³/mol. The van der Waals surface area contributed by atoms with Gasteiger partial charge in [-0.1, -0.05) is 72.4 Å². The summed E-state index contributed by atoms with van der Waals surface area (Å²) in [5.74, 6) is 0.173. The molecule has 5 nitrogen and oxygen atoms in total. The Hall–Kier alpha value is -3.38. The van der Waals surface area contributed by atoms with E-state index in [1.165, 1.54) is 11.8 Å². The van der Waals surface area contributed by atoms with E-state index in [1.54, 1.807) is 6.33 Å². The highest BCUT2D eigenvalue weighted by atomic mass is 32.2. The number of amides is 1. The van der Waals surface area contributed by atoms with E-state index < -0.39 is 0 Å². The molecule has 0 aliphatic carbocycles. The van der Waals surface area contributed by atoms with Gasteiger partial charge < -0.3 is 5.32 Å². The van der Waals surface area contributed by atoms with Gasteiger partial charge in [0.15, 0.2) is 5.16 Å². The standard InChI is InChI=1S/C22H18N4OS/c27-21(15-28-22-25-23-16-26(22)20-9-5-2-6-10-20)24-19-13-11-18(12-14-19)17-7-3-1-4-8-17/h1-14,16H,15H2,(H,24,27). The number of anilines is 1. The van der Waals surface area contributed by atoms with Gasteiger partial charge in [-0.05, 0) is 35.4 Å². The number of carbonyl (C=O) groups is 1. The number of para-hydroxylation sites is 1. The first-order valence-corrected chi connectivity index (χ1v) is 9.82. The van der Waals surface area contributed by atoms with Crippen molar-refractivity contribution in [1.29, 1.82) is 0 Å². The van der Waals surface area contributed by atoms with Crippen LogP contribution in [-0.4, -0.2) is 26.4 Å². The fraction of sp³-hybridized carbons (Fsp3) is 0.0455. The molecule has 0 saturated heterocycles. The molecular weight excluding hydrogens is 368 g/mol. The Bertz CT molecular complexity index is 1050. The number of thioether (sulfide) groups is 1. The molecule has 138 valence electrons. The minimum Gasteiger partial charge on any atom is -0.325 e. The summed E-state index contributed by atoms with van der Waals surface area (Å²) >= 11 is 1.35. The molecule has 0 aliphatic heterocycles. The molecule has 0 radical (unpaired) electrons. The van der Waals surface area contributed by atoms with Gasteiger partial charge >= 0.3 is 0 Å². The van der Waals surface area contributed by atoms with E-state index in [1.807, 2.05) is 77.4 Å². The topological polar surface area (TPSA) is 59.8 Å². The van der Waals surface area contributed by atoms with Crippen LogP contribution in [0.4, 0.5) is 5.69 Å². The van der Waals surface area contributed by atoms with Crippen LogP contribution in [0.1, 0.15) is 0 Å². The van der Waals surface area contributed by atoms with Crippen LogP contribution in [0.3, 0.4) is 0 Å². The van der Waals surface area contributed by atoms with Gasteiger partial charge in [-0.3, -0.25) is 9.36 Å². The summed E-state index contributed by atoms with van der Waals surface area (Å²) in [6.07, 6.45) is 1.65. The lowest BCUT2D eigenvalue weighted by Crippen LogP contribution is -2.14. The first-order chi connectivity index (χ1) is 13.8. The molecule has 0 saturated carbocycles. The molecule has 1 aromatic heterocycles. The zero-order valence-corrected chi connectivity index (χ0v) is 15.8. The summed E-state index contributed by atoms with van der Waals surface area (Å²) < 4.78 is 1.87. The summed E-state index contributed by atoms with van der Waals surface area (Å²) in [5, 5.41) is 11.7. The number of hydrogen-bond acceptors (Lipinski definition) is 4. The minimum absolute atomic E-state index is 0.0833. The van der Waals surface area contributed by atoms with E-state index >= 15 is 0 Å². The summed E-state index contributed by atoms with van der Waals surface area (Å²) in [7, 11) is 0. The van der Waals surface area contributed by atoms with Crippen LogP contribution in [0.5, 0.6) is 0 Å². The second-order valence-corrected chi connectivity index (χ2v) is 7.04. The van der Waals surface area contributed by atoms with E-state index in [0.29, 0.717) is 5.16 Å². The Balaban J connectivity index is 1.36. The monoisotopic (exact) mass is 386 g/mol.